The molecule has 10 heteroatoms. The van der Waals surface area contributed by atoms with E-state index >= 15 is 0 Å². The number of nitrogens with one attached hydrogen (secondary N) is 2. The molecule has 0 bridgehead atoms. The van der Waals surface area contributed by atoms with Crippen molar-refractivity contribution in [3.05, 3.63) is 65.7 Å². The summed E-state index contributed by atoms with van der Waals surface area (Å²) < 4.78 is 29.4. The lowest BCUT2D eigenvalue weighted by molar-refractivity contribution is -0.123. The summed E-state index contributed by atoms with van der Waals surface area (Å²) in [4.78, 5) is 38.4. The average Bonchev–Trinajstić information content (AvgIpc) is 3.16. The van der Waals surface area contributed by atoms with Gasteiger partial charge >= 0.3 is 0 Å². The Morgan fingerprint density at radius 2 is 1.74 bits per heavy atom. The molecule has 3 aromatic rings. The monoisotopic (exact) mass is 478 g/mol. The number of likely N-dealkylation sites (tertiary alicyclic amines) is 1. The number of carbonyl (C=O) groups excluding carboxylic acids is 3. The van der Waals surface area contributed by atoms with Crippen molar-refractivity contribution in [3.63, 3.8) is 0 Å². The van der Waals surface area contributed by atoms with Crippen LogP contribution in [0.15, 0.2) is 59.5 Å². The first-order valence-electron chi connectivity index (χ1n) is 10.8. The Bertz CT molecular complexity index is 1460. The maximum absolute atomic E-state index is 13.4. The Hall–Kier alpha value is -3.92. The van der Waals surface area contributed by atoms with Gasteiger partial charge in [0.15, 0.2) is 0 Å². The Balaban J connectivity index is 1.46. The largest absolute Gasteiger partial charge is 0.369 e. The van der Waals surface area contributed by atoms with E-state index in [4.69, 9.17) is 5.73 Å². The normalized spacial score (nSPS) is 15.9. The van der Waals surface area contributed by atoms with Gasteiger partial charge in [0.1, 0.15) is 0 Å². The molecule has 0 unspecified atom stereocenters. The molecule has 0 radical (unpaired) electrons. The van der Waals surface area contributed by atoms with Gasteiger partial charge in [-0.05, 0) is 43.2 Å². The first kappa shape index (κ1) is 21.9. The van der Waals surface area contributed by atoms with Gasteiger partial charge in [-0.3, -0.25) is 19.1 Å². The van der Waals surface area contributed by atoms with E-state index < -0.39 is 10.0 Å². The highest BCUT2D eigenvalue weighted by atomic mass is 32.2. The van der Waals surface area contributed by atoms with Crippen LogP contribution < -0.4 is 15.8 Å². The summed E-state index contributed by atoms with van der Waals surface area (Å²) in [6, 6.07) is 14.3. The fourth-order valence-electron chi connectivity index (χ4n) is 4.59. The van der Waals surface area contributed by atoms with Crippen LogP contribution in [0.1, 0.15) is 33.6 Å². The van der Waals surface area contributed by atoms with Crippen molar-refractivity contribution in [2.24, 2.45) is 11.7 Å². The summed E-state index contributed by atoms with van der Waals surface area (Å²) in [7, 11) is -4.09. The summed E-state index contributed by atoms with van der Waals surface area (Å²) >= 11 is 0. The molecule has 0 aliphatic carbocycles. The van der Waals surface area contributed by atoms with Crippen LogP contribution in [0.2, 0.25) is 0 Å². The van der Waals surface area contributed by atoms with Gasteiger partial charge in [-0.25, -0.2) is 8.42 Å². The number of para-hydroxylation sites is 1. The molecule has 9 nitrogen and oxygen atoms in total. The molecule has 3 amide bonds. The van der Waals surface area contributed by atoms with Gasteiger partial charge < -0.3 is 16.0 Å². The molecule has 0 saturated carbocycles. The van der Waals surface area contributed by atoms with Gasteiger partial charge in [0.05, 0.1) is 16.1 Å². The van der Waals surface area contributed by atoms with Crippen LogP contribution in [0.5, 0.6) is 0 Å². The third-order valence-corrected chi connectivity index (χ3v) is 7.79. The number of hydrogen-bond acceptors (Lipinski definition) is 5. The lowest BCUT2D eigenvalue weighted by Gasteiger charge is -2.31. The summed E-state index contributed by atoms with van der Waals surface area (Å²) in [6.45, 7) is 0.729. The molecule has 174 valence electrons. The first-order valence-corrected chi connectivity index (χ1v) is 12.3. The van der Waals surface area contributed by atoms with Crippen molar-refractivity contribution in [2.45, 2.75) is 17.7 Å². The second-order valence-corrected chi connectivity index (χ2v) is 10.1. The fourth-order valence-corrected chi connectivity index (χ4v) is 5.88. The van der Waals surface area contributed by atoms with Gasteiger partial charge in [0.2, 0.25) is 5.91 Å². The first-order chi connectivity index (χ1) is 16.3. The summed E-state index contributed by atoms with van der Waals surface area (Å²) in [5.74, 6) is -1.24. The quantitative estimate of drug-likeness (QED) is 0.517. The maximum Gasteiger partial charge on any atom is 0.262 e. The standard InChI is InChI=1S/C24H22N4O5S/c25-22(29)14-10-12-28(13-11-14)24(31)15-4-1-2-7-18(15)27-34(32,33)20-9-8-19-21-16(20)5-3-6-17(21)23(30)26-19/h1-9,14,27H,10-13H2,(H2,25,29)(H,26,30). The lowest BCUT2D eigenvalue weighted by Crippen LogP contribution is -2.42. The van der Waals surface area contributed by atoms with Crippen molar-refractivity contribution >= 4 is 49.9 Å². The number of hydrogen-bond donors (Lipinski definition) is 3. The minimum Gasteiger partial charge on any atom is -0.369 e. The van der Waals surface area contributed by atoms with E-state index in [9.17, 15) is 22.8 Å². The number of primary amides is 1. The zero-order valence-electron chi connectivity index (χ0n) is 18.1. The summed E-state index contributed by atoms with van der Waals surface area (Å²) in [5.41, 5.74) is 6.72. The SMILES string of the molecule is NC(=O)C1CCN(C(=O)c2ccccc2NS(=O)(=O)c2ccc3c4c(cccc24)C(=O)N3)CC1. The van der Waals surface area contributed by atoms with E-state index in [1.165, 1.54) is 12.1 Å². The molecule has 2 heterocycles. The summed E-state index contributed by atoms with van der Waals surface area (Å²) in [6.07, 6.45) is 0.949. The van der Waals surface area contributed by atoms with E-state index in [2.05, 4.69) is 10.0 Å². The molecule has 0 spiro atoms. The second-order valence-electron chi connectivity index (χ2n) is 8.41. The predicted octanol–water partition coefficient (Wildman–Crippen LogP) is 2.54. The van der Waals surface area contributed by atoms with E-state index in [1.807, 2.05) is 0 Å². The topological polar surface area (TPSA) is 139 Å². The average molecular weight is 479 g/mol. The predicted molar refractivity (Wildman–Crippen MR) is 127 cm³/mol. The van der Waals surface area contributed by atoms with Crippen LogP contribution in [0, 0.1) is 5.92 Å². The van der Waals surface area contributed by atoms with Crippen molar-refractivity contribution in [1.82, 2.24) is 4.90 Å². The fraction of sp³-hybridized carbons (Fsp3) is 0.208. The molecule has 0 atom stereocenters. The van der Waals surface area contributed by atoms with Crippen molar-refractivity contribution in [1.29, 1.82) is 0 Å². The third kappa shape index (κ3) is 3.65. The second kappa shape index (κ2) is 8.14. The molecule has 3 aromatic carbocycles. The smallest absolute Gasteiger partial charge is 0.262 e. The Morgan fingerprint density at radius 3 is 2.47 bits per heavy atom. The highest BCUT2D eigenvalue weighted by molar-refractivity contribution is 7.93. The van der Waals surface area contributed by atoms with Crippen molar-refractivity contribution in [3.8, 4) is 0 Å². The van der Waals surface area contributed by atoms with Crippen LogP contribution in [0.4, 0.5) is 11.4 Å². The molecule has 4 N–H and O–H groups in total. The molecule has 1 saturated heterocycles. The summed E-state index contributed by atoms with van der Waals surface area (Å²) in [5, 5.41) is 3.70. The van der Waals surface area contributed by atoms with Gasteiger partial charge in [-0.2, -0.15) is 0 Å². The minimum atomic E-state index is -4.09. The van der Waals surface area contributed by atoms with E-state index in [1.54, 1.807) is 47.4 Å². The Kier molecular flexibility index (Phi) is 5.24. The van der Waals surface area contributed by atoms with Crippen LogP contribution in [-0.2, 0) is 14.8 Å². The van der Waals surface area contributed by atoms with E-state index in [-0.39, 0.29) is 39.8 Å². The van der Waals surface area contributed by atoms with Gasteiger partial charge in [-0.1, -0.05) is 24.3 Å². The molecular weight excluding hydrogens is 456 g/mol. The molecule has 1 fully saturated rings. The lowest BCUT2D eigenvalue weighted by atomic mass is 9.96. The zero-order valence-corrected chi connectivity index (χ0v) is 18.9. The molecule has 5 rings (SSSR count). The van der Waals surface area contributed by atoms with Crippen LogP contribution in [-0.4, -0.2) is 44.1 Å². The number of nitrogens with two attached hydrogens (primary N) is 1. The Morgan fingerprint density at radius 1 is 1.00 bits per heavy atom. The molecule has 0 aromatic heterocycles. The number of amides is 3. The molecular formula is C24H22N4O5S. The van der Waals surface area contributed by atoms with E-state index in [0.29, 0.717) is 48.0 Å². The van der Waals surface area contributed by atoms with E-state index in [0.717, 1.165) is 0 Å². The van der Waals surface area contributed by atoms with Gasteiger partial charge in [0, 0.05) is 41.0 Å². The van der Waals surface area contributed by atoms with Gasteiger partial charge in [0.25, 0.3) is 21.8 Å². The number of carbonyl (C=O) groups is 3. The number of nitrogens with zero attached hydrogens (tertiary/aromatic N) is 1. The molecule has 34 heavy (non-hydrogen) atoms. The highest BCUT2D eigenvalue weighted by Crippen LogP contribution is 2.37. The highest BCUT2D eigenvalue weighted by Gasteiger charge is 2.30. The Labute approximate surface area is 196 Å². The zero-order chi connectivity index (χ0) is 24.0. The van der Waals surface area contributed by atoms with Crippen molar-refractivity contribution in [2.75, 3.05) is 23.1 Å². The number of anilines is 2. The number of benzene rings is 3. The number of rotatable bonds is 5. The maximum atomic E-state index is 13.4. The third-order valence-electron chi connectivity index (χ3n) is 6.37. The van der Waals surface area contributed by atoms with Gasteiger partial charge in [-0.15, -0.1) is 0 Å². The van der Waals surface area contributed by atoms with Crippen LogP contribution >= 0.6 is 0 Å². The van der Waals surface area contributed by atoms with Crippen molar-refractivity contribution < 1.29 is 22.8 Å². The molecule has 2 aliphatic rings. The van der Waals surface area contributed by atoms with Crippen LogP contribution in [0.3, 0.4) is 0 Å². The molecule has 2 aliphatic heterocycles. The minimum absolute atomic E-state index is 0.00845. The number of piperidine rings is 1. The van der Waals surface area contributed by atoms with Crippen LogP contribution in [0.25, 0.3) is 10.8 Å². The number of sulfonamides is 1.